The molecular formula is C13H26N2O. The van der Waals surface area contributed by atoms with Crippen LogP contribution in [-0.2, 0) is 4.79 Å². The molecule has 0 heterocycles. The Bertz CT molecular complexity index is 242. The van der Waals surface area contributed by atoms with Gasteiger partial charge in [-0.2, -0.15) is 0 Å². The van der Waals surface area contributed by atoms with E-state index < -0.39 is 0 Å². The van der Waals surface area contributed by atoms with Crippen LogP contribution in [0, 0.1) is 0 Å². The van der Waals surface area contributed by atoms with E-state index in [1.165, 1.54) is 19.3 Å². The van der Waals surface area contributed by atoms with Crippen LogP contribution in [-0.4, -0.2) is 48.4 Å². The summed E-state index contributed by atoms with van der Waals surface area (Å²) < 4.78 is 0. The lowest BCUT2D eigenvalue weighted by Gasteiger charge is -2.44. The van der Waals surface area contributed by atoms with Crippen molar-refractivity contribution in [1.29, 1.82) is 0 Å². The average Bonchev–Trinajstić information content (AvgIpc) is 2.27. The molecule has 16 heavy (non-hydrogen) atoms. The van der Waals surface area contributed by atoms with Gasteiger partial charge in [-0.15, -0.1) is 0 Å². The second-order valence-electron chi connectivity index (χ2n) is 5.50. The second kappa shape index (κ2) is 5.17. The summed E-state index contributed by atoms with van der Waals surface area (Å²) in [5.41, 5.74) is -0.239. The van der Waals surface area contributed by atoms with Gasteiger partial charge < -0.3 is 4.90 Å². The first kappa shape index (κ1) is 13.5. The molecule has 0 unspecified atom stereocenters. The van der Waals surface area contributed by atoms with E-state index in [2.05, 4.69) is 18.7 Å². The highest BCUT2D eigenvalue weighted by molar-refractivity contribution is 5.86. The van der Waals surface area contributed by atoms with E-state index in [0.717, 1.165) is 12.8 Å². The zero-order valence-electron chi connectivity index (χ0n) is 11.4. The summed E-state index contributed by atoms with van der Waals surface area (Å²) in [7, 11) is 6.00. The number of likely N-dealkylation sites (N-methyl/N-ethyl adjacent to an activating group) is 2. The van der Waals surface area contributed by atoms with Crippen LogP contribution in [0.25, 0.3) is 0 Å². The lowest BCUT2D eigenvalue weighted by atomic mass is 9.79. The molecule has 0 aromatic heterocycles. The quantitative estimate of drug-likeness (QED) is 0.736. The van der Waals surface area contributed by atoms with Gasteiger partial charge in [0.25, 0.3) is 0 Å². The first-order chi connectivity index (χ1) is 7.42. The van der Waals surface area contributed by atoms with E-state index in [4.69, 9.17) is 0 Å². The third-order valence-electron chi connectivity index (χ3n) is 4.03. The summed E-state index contributed by atoms with van der Waals surface area (Å²) in [6.45, 7) is 4.15. The van der Waals surface area contributed by atoms with Gasteiger partial charge in [0.05, 0.1) is 0 Å². The van der Waals surface area contributed by atoms with E-state index in [1.807, 2.05) is 26.0 Å². The Hall–Kier alpha value is -0.570. The number of rotatable bonds is 3. The van der Waals surface area contributed by atoms with Crippen LogP contribution in [0.1, 0.15) is 46.0 Å². The van der Waals surface area contributed by atoms with Gasteiger partial charge in [0.1, 0.15) is 5.54 Å². The van der Waals surface area contributed by atoms with Gasteiger partial charge in [-0.05, 0) is 40.8 Å². The van der Waals surface area contributed by atoms with Crippen molar-refractivity contribution in [3.8, 4) is 0 Å². The minimum absolute atomic E-state index is 0.239. The van der Waals surface area contributed by atoms with Crippen LogP contribution < -0.4 is 0 Å². The van der Waals surface area contributed by atoms with Gasteiger partial charge in [-0.3, -0.25) is 9.69 Å². The molecule has 3 nitrogen and oxygen atoms in total. The molecule has 1 fully saturated rings. The van der Waals surface area contributed by atoms with Crippen molar-refractivity contribution in [3.63, 3.8) is 0 Å². The molecule has 0 aromatic carbocycles. The largest absolute Gasteiger partial charge is 0.342 e. The minimum Gasteiger partial charge on any atom is -0.342 e. The smallest absolute Gasteiger partial charge is 0.243 e. The van der Waals surface area contributed by atoms with Crippen LogP contribution in [0.4, 0.5) is 0 Å². The lowest BCUT2D eigenvalue weighted by Crippen LogP contribution is -2.58. The summed E-state index contributed by atoms with van der Waals surface area (Å²) in [5, 5.41) is 0. The molecule has 0 radical (unpaired) electrons. The summed E-state index contributed by atoms with van der Waals surface area (Å²) in [6.07, 6.45) is 5.64. The number of hydrogen-bond donors (Lipinski definition) is 0. The third-order valence-corrected chi connectivity index (χ3v) is 4.03. The Labute approximate surface area is 99.8 Å². The Balaban J connectivity index is 2.88. The van der Waals surface area contributed by atoms with Crippen LogP contribution in [0.5, 0.6) is 0 Å². The number of amides is 1. The summed E-state index contributed by atoms with van der Waals surface area (Å²) in [4.78, 5) is 16.6. The van der Waals surface area contributed by atoms with Gasteiger partial charge >= 0.3 is 0 Å². The molecule has 0 bridgehead atoms. The zero-order chi connectivity index (χ0) is 12.3. The van der Waals surface area contributed by atoms with Crippen molar-refractivity contribution >= 4 is 5.91 Å². The van der Waals surface area contributed by atoms with Crippen molar-refractivity contribution in [1.82, 2.24) is 9.80 Å². The molecular weight excluding hydrogens is 200 g/mol. The number of nitrogens with zero attached hydrogens (tertiary/aromatic N) is 2. The maximum absolute atomic E-state index is 12.6. The highest BCUT2D eigenvalue weighted by atomic mass is 16.2. The van der Waals surface area contributed by atoms with E-state index in [-0.39, 0.29) is 11.6 Å². The van der Waals surface area contributed by atoms with Crippen LogP contribution in [0.2, 0.25) is 0 Å². The standard InChI is InChI=1S/C13H26N2O/c1-11(2)15(5)12(16)13(14(3)4)9-7-6-8-10-13/h11H,6-10H2,1-5H3. The third kappa shape index (κ3) is 2.40. The monoisotopic (exact) mass is 226 g/mol. The van der Waals surface area contributed by atoms with E-state index >= 15 is 0 Å². The molecule has 94 valence electrons. The molecule has 0 spiro atoms. The van der Waals surface area contributed by atoms with Crippen molar-refractivity contribution in [2.75, 3.05) is 21.1 Å². The number of carbonyl (C=O) groups is 1. The van der Waals surface area contributed by atoms with Crippen molar-refractivity contribution < 1.29 is 4.79 Å². The van der Waals surface area contributed by atoms with E-state index in [9.17, 15) is 4.79 Å². The minimum atomic E-state index is -0.239. The summed E-state index contributed by atoms with van der Waals surface area (Å²) in [6, 6.07) is 0.284. The Morgan fingerprint density at radius 3 is 1.94 bits per heavy atom. The summed E-state index contributed by atoms with van der Waals surface area (Å²) >= 11 is 0. The van der Waals surface area contributed by atoms with Crippen molar-refractivity contribution in [2.24, 2.45) is 0 Å². The molecule has 1 amide bonds. The molecule has 0 aromatic rings. The van der Waals surface area contributed by atoms with Gasteiger partial charge in [-0.1, -0.05) is 19.3 Å². The van der Waals surface area contributed by atoms with Gasteiger partial charge in [0.15, 0.2) is 0 Å². The molecule has 3 heteroatoms. The second-order valence-corrected chi connectivity index (χ2v) is 5.50. The fourth-order valence-electron chi connectivity index (χ4n) is 2.55. The highest BCUT2D eigenvalue weighted by Crippen LogP contribution is 2.34. The van der Waals surface area contributed by atoms with Crippen LogP contribution in [0.3, 0.4) is 0 Å². The van der Waals surface area contributed by atoms with Crippen LogP contribution in [0.15, 0.2) is 0 Å². The first-order valence-electron chi connectivity index (χ1n) is 6.36. The average molecular weight is 226 g/mol. The molecule has 1 aliphatic carbocycles. The van der Waals surface area contributed by atoms with E-state index in [1.54, 1.807) is 0 Å². The fraction of sp³-hybridized carbons (Fsp3) is 0.923. The maximum Gasteiger partial charge on any atom is 0.243 e. The molecule has 1 rings (SSSR count). The van der Waals surface area contributed by atoms with Crippen LogP contribution >= 0.6 is 0 Å². The molecule has 0 N–H and O–H groups in total. The molecule has 0 atom stereocenters. The summed E-state index contributed by atoms with van der Waals surface area (Å²) in [5.74, 6) is 0.298. The normalized spacial score (nSPS) is 20.2. The molecule has 0 aliphatic heterocycles. The van der Waals surface area contributed by atoms with Crippen molar-refractivity contribution in [3.05, 3.63) is 0 Å². The Morgan fingerprint density at radius 2 is 1.56 bits per heavy atom. The zero-order valence-corrected chi connectivity index (χ0v) is 11.4. The molecule has 1 aliphatic rings. The van der Waals surface area contributed by atoms with Gasteiger partial charge in [-0.25, -0.2) is 0 Å². The predicted molar refractivity (Wildman–Crippen MR) is 67.4 cm³/mol. The fourth-order valence-corrected chi connectivity index (χ4v) is 2.55. The highest BCUT2D eigenvalue weighted by Gasteiger charge is 2.43. The van der Waals surface area contributed by atoms with E-state index in [0.29, 0.717) is 5.91 Å². The predicted octanol–water partition coefficient (Wildman–Crippen LogP) is 2.12. The Morgan fingerprint density at radius 1 is 1.06 bits per heavy atom. The number of hydrogen-bond acceptors (Lipinski definition) is 2. The van der Waals surface area contributed by atoms with Gasteiger partial charge in [0.2, 0.25) is 5.91 Å². The maximum atomic E-state index is 12.6. The number of carbonyl (C=O) groups excluding carboxylic acids is 1. The first-order valence-corrected chi connectivity index (χ1v) is 6.36. The van der Waals surface area contributed by atoms with Gasteiger partial charge in [0, 0.05) is 13.1 Å². The molecule has 1 saturated carbocycles. The molecule has 0 saturated heterocycles. The SMILES string of the molecule is CC(C)N(C)C(=O)C1(N(C)C)CCCCC1. The van der Waals surface area contributed by atoms with Crippen molar-refractivity contribution in [2.45, 2.75) is 57.5 Å². The Kier molecular flexibility index (Phi) is 4.36. The lowest BCUT2D eigenvalue weighted by molar-refractivity contribution is -0.145. The topological polar surface area (TPSA) is 23.6 Å².